The molecule has 0 saturated heterocycles. The summed E-state index contributed by atoms with van der Waals surface area (Å²) in [6, 6.07) is 11.9. The molecule has 0 heterocycles. The van der Waals surface area contributed by atoms with Gasteiger partial charge in [0, 0.05) is 12.1 Å². The second-order valence-corrected chi connectivity index (χ2v) is 6.35. The fourth-order valence-corrected chi connectivity index (χ4v) is 2.67. The van der Waals surface area contributed by atoms with Crippen LogP contribution in [-0.4, -0.2) is 44.0 Å². The van der Waals surface area contributed by atoms with Crippen LogP contribution in [0.15, 0.2) is 48.5 Å². The number of para-hydroxylation sites is 2. The van der Waals surface area contributed by atoms with Crippen LogP contribution >= 0.6 is 0 Å². The number of alkyl halides is 3. The summed E-state index contributed by atoms with van der Waals surface area (Å²) < 4.78 is 44.2. The molecule has 2 N–H and O–H groups in total. The summed E-state index contributed by atoms with van der Waals surface area (Å²) in [6.45, 7) is -0.0837. The summed E-state index contributed by atoms with van der Waals surface area (Å²) in [5, 5.41) is 4.96. The predicted molar refractivity (Wildman–Crippen MR) is 102 cm³/mol. The number of carbonyl (C=O) groups excluding carboxylic acids is 2. The van der Waals surface area contributed by atoms with E-state index in [-0.39, 0.29) is 31.2 Å². The lowest BCUT2D eigenvalue weighted by Crippen LogP contribution is -2.38. The van der Waals surface area contributed by atoms with Gasteiger partial charge in [-0.2, -0.15) is 13.2 Å². The minimum atomic E-state index is -4.58. The molecule has 0 aliphatic heterocycles. The van der Waals surface area contributed by atoms with E-state index in [1.54, 1.807) is 6.07 Å². The summed E-state index contributed by atoms with van der Waals surface area (Å²) >= 11 is 0. The number of likely N-dealkylation sites (N-methyl/N-ethyl adjacent to an activating group) is 1. The van der Waals surface area contributed by atoms with E-state index in [2.05, 4.69) is 10.6 Å². The van der Waals surface area contributed by atoms with Gasteiger partial charge >= 0.3 is 6.18 Å². The molecule has 0 aliphatic rings. The highest BCUT2D eigenvalue weighted by atomic mass is 19.4. The lowest BCUT2D eigenvalue weighted by molar-refractivity contribution is -0.137. The van der Waals surface area contributed by atoms with Crippen LogP contribution in [0, 0.1) is 0 Å². The number of hydrogen-bond donors (Lipinski definition) is 2. The van der Waals surface area contributed by atoms with Gasteiger partial charge in [-0.15, -0.1) is 0 Å². The number of benzene rings is 2. The Morgan fingerprint density at radius 1 is 1.00 bits per heavy atom. The Hall–Kier alpha value is -3.07. The Kier molecular flexibility index (Phi) is 7.60. The molecule has 0 radical (unpaired) electrons. The molecular formula is C20H22F3N3O3. The fourth-order valence-electron chi connectivity index (χ4n) is 2.67. The van der Waals surface area contributed by atoms with Crippen molar-refractivity contribution >= 4 is 17.5 Å². The number of rotatable bonds is 8. The van der Waals surface area contributed by atoms with Crippen LogP contribution in [0.4, 0.5) is 18.9 Å². The number of nitrogens with one attached hydrogen (secondary N) is 2. The summed E-state index contributed by atoms with van der Waals surface area (Å²) in [6.07, 6.45) is -4.58. The molecule has 0 aromatic heterocycles. The van der Waals surface area contributed by atoms with Crippen LogP contribution < -0.4 is 15.4 Å². The minimum Gasteiger partial charge on any atom is -0.496 e. The number of amides is 2. The first kappa shape index (κ1) is 22.2. The molecule has 0 bridgehead atoms. The highest BCUT2D eigenvalue weighted by Gasteiger charge is 2.33. The number of carbonyl (C=O) groups is 2. The lowest BCUT2D eigenvalue weighted by Gasteiger charge is -2.18. The number of ether oxygens (including phenoxy) is 1. The van der Waals surface area contributed by atoms with Crippen molar-refractivity contribution in [2.24, 2.45) is 0 Å². The Labute approximate surface area is 166 Å². The van der Waals surface area contributed by atoms with E-state index in [0.29, 0.717) is 5.75 Å². The molecule has 156 valence electrons. The molecule has 2 aromatic carbocycles. The van der Waals surface area contributed by atoms with E-state index in [9.17, 15) is 22.8 Å². The van der Waals surface area contributed by atoms with Gasteiger partial charge in [-0.25, -0.2) is 0 Å². The first-order valence-corrected chi connectivity index (χ1v) is 8.74. The molecule has 0 spiro atoms. The van der Waals surface area contributed by atoms with Gasteiger partial charge in [-0.1, -0.05) is 30.3 Å². The predicted octanol–water partition coefficient (Wildman–Crippen LogP) is 2.90. The summed E-state index contributed by atoms with van der Waals surface area (Å²) in [5.74, 6) is -0.340. The third kappa shape index (κ3) is 6.79. The Balaban J connectivity index is 1.85. The Morgan fingerprint density at radius 3 is 2.31 bits per heavy atom. The third-order valence-corrected chi connectivity index (χ3v) is 4.00. The van der Waals surface area contributed by atoms with Gasteiger partial charge in [0.05, 0.1) is 31.5 Å². The zero-order valence-corrected chi connectivity index (χ0v) is 16.0. The van der Waals surface area contributed by atoms with E-state index in [1.807, 2.05) is 18.2 Å². The maximum Gasteiger partial charge on any atom is 0.418 e. The Bertz CT molecular complexity index is 856. The van der Waals surface area contributed by atoms with E-state index >= 15 is 0 Å². The third-order valence-electron chi connectivity index (χ3n) is 4.00. The van der Waals surface area contributed by atoms with E-state index in [0.717, 1.165) is 11.6 Å². The highest BCUT2D eigenvalue weighted by molar-refractivity contribution is 5.93. The van der Waals surface area contributed by atoms with Crippen LogP contribution in [0.1, 0.15) is 11.1 Å². The van der Waals surface area contributed by atoms with Crippen LogP contribution in [0.2, 0.25) is 0 Å². The molecule has 29 heavy (non-hydrogen) atoms. The first-order valence-electron chi connectivity index (χ1n) is 8.74. The average Bonchev–Trinajstić information content (AvgIpc) is 2.65. The van der Waals surface area contributed by atoms with Crippen molar-refractivity contribution in [3.8, 4) is 5.75 Å². The second-order valence-electron chi connectivity index (χ2n) is 6.35. The molecule has 2 rings (SSSR count). The van der Waals surface area contributed by atoms with Gasteiger partial charge in [0.1, 0.15) is 5.75 Å². The SMILES string of the molecule is COc1ccccc1CNC(=O)CN(C)CC(=O)Nc1ccccc1C(F)(F)F. The van der Waals surface area contributed by atoms with Crippen molar-refractivity contribution in [2.75, 3.05) is 32.6 Å². The van der Waals surface area contributed by atoms with Crippen LogP contribution in [0.3, 0.4) is 0 Å². The van der Waals surface area contributed by atoms with Gasteiger partial charge in [0.2, 0.25) is 11.8 Å². The molecule has 0 saturated carbocycles. The van der Waals surface area contributed by atoms with Gasteiger partial charge in [0.15, 0.2) is 0 Å². The molecule has 0 aliphatic carbocycles. The molecule has 0 unspecified atom stereocenters. The van der Waals surface area contributed by atoms with Crippen LogP contribution in [-0.2, 0) is 22.3 Å². The maximum absolute atomic E-state index is 13.0. The molecule has 9 heteroatoms. The zero-order valence-electron chi connectivity index (χ0n) is 16.0. The van der Waals surface area contributed by atoms with E-state index in [4.69, 9.17) is 4.74 Å². The van der Waals surface area contributed by atoms with Crippen molar-refractivity contribution in [2.45, 2.75) is 12.7 Å². The smallest absolute Gasteiger partial charge is 0.418 e. The lowest BCUT2D eigenvalue weighted by atomic mass is 10.1. The fraction of sp³-hybridized carbons (Fsp3) is 0.300. The maximum atomic E-state index is 13.0. The van der Waals surface area contributed by atoms with Crippen molar-refractivity contribution in [3.05, 3.63) is 59.7 Å². The largest absolute Gasteiger partial charge is 0.496 e. The molecule has 6 nitrogen and oxygen atoms in total. The van der Waals surface area contributed by atoms with Crippen LogP contribution in [0.5, 0.6) is 5.75 Å². The average molecular weight is 409 g/mol. The highest BCUT2D eigenvalue weighted by Crippen LogP contribution is 2.34. The van der Waals surface area contributed by atoms with E-state index in [1.165, 1.54) is 37.3 Å². The van der Waals surface area contributed by atoms with Crippen molar-refractivity contribution in [1.82, 2.24) is 10.2 Å². The second kappa shape index (κ2) is 9.92. The minimum absolute atomic E-state index is 0.0938. The Morgan fingerprint density at radius 2 is 1.62 bits per heavy atom. The zero-order chi connectivity index (χ0) is 21.4. The summed E-state index contributed by atoms with van der Waals surface area (Å²) in [5.41, 5.74) is -0.447. The normalized spacial score (nSPS) is 11.2. The number of hydrogen-bond acceptors (Lipinski definition) is 4. The quantitative estimate of drug-likeness (QED) is 0.704. The summed E-state index contributed by atoms with van der Waals surface area (Å²) in [4.78, 5) is 25.6. The van der Waals surface area contributed by atoms with Gasteiger partial charge in [0.25, 0.3) is 0 Å². The van der Waals surface area contributed by atoms with Gasteiger partial charge < -0.3 is 15.4 Å². The topological polar surface area (TPSA) is 70.7 Å². The number of anilines is 1. The van der Waals surface area contributed by atoms with Crippen molar-refractivity contribution in [1.29, 1.82) is 0 Å². The standard InChI is InChI=1S/C20H22F3N3O3/c1-26(12-18(27)24-11-14-7-3-6-10-17(14)29-2)13-19(28)25-16-9-5-4-8-15(16)20(21,22)23/h3-10H,11-13H2,1-2H3,(H,24,27)(H,25,28). The first-order chi connectivity index (χ1) is 13.7. The number of halogens is 3. The molecule has 2 aromatic rings. The van der Waals surface area contributed by atoms with E-state index < -0.39 is 17.6 Å². The monoisotopic (exact) mass is 409 g/mol. The van der Waals surface area contributed by atoms with Crippen molar-refractivity contribution < 1.29 is 27.5 Å². The number of nitrogens with zero attached hydrogens (tertiary/aromatic N) is 1. The summed E-state index contributed by atoms with van der Waals surface area (Å²) in [7, 11) is 3.06. The molecule has 0 fully saturated rings. The van der Waals surface area contributed by atoms with Crippen molar-refractivity contribution in [3.63, 3.8) is 0 Å². The molecule has 0 atom stereocenters. The molecule has 2 amide bonds. The van der Waals surface area contributed by atoms with Gasteiger partial charge in [-0.05, 0) is 25.2 Å². The van der Waals surface area contributed by atoms with Crippen LogP contribution in [0.25, 0.3) is 0 Å². The van der Waals surface area contributed by atoms with Gasteiger partial charge in [-0.3, -0.25) is 14.5 Å². The molecular weight excluding hydrogens is 387 g/mol. The number of methoxy groups -OCH3 is 1.